The first kappa shape index (κ1) is 10.4. The molecule has 0 aliphatic rings. The van der Waals surface area contributed by atoms with E-state index in [0.717, 1.165) is 11.8 Å². The number of hydrogen-bond donors (Lipinski definition) is 1. The molecule has 0 unspecified atom stereocenters. The molecular formula is C11H10N2O3. The number of imidazole rings is 1. The Hall–Kier alpha value is -2.17. The molecule has 1 N–H and O–H groups in total. The second-order valence-corrected chi connectivity index (χ2v) is 3.25. The third-order valence-corrected chi connectivity index (χ3v) is 2.24. The van der Waals surface area contributed by atoms with Crippen LogP contribution < -0.4 is 0 Å². The predicted octanol–water partition coefficient (Wildman–Crippen LogP) is 1.09. The number of para-hydroxylation sites is 1. The summed E-state index contributed by atoms with van der Waals surface area (Å²) in [6, 6.07) is 5.17. The van der Waals surface area contributed by atoms with Crippen LogP contribution in [0.5, 0.6) is 0 Å². The molecular weight excluding hydrogens is 208 g/mol. The van der Waals surface area contributed by atoms with Gasteiger partial charge >= 0.3 is 5.97 Å². The molecule has 0 atom stereocenters. The largest absolute Gasteiger partial charge is 0.465 e. The lowest BCUT2D eigenvalue weighted by Gasteiger charge is -1.98. The lowest BCUT2D eigenvalue weighted by molar-refractivity contribution is -0.107. The Kier molecular flexibility index (Phi) is 2.68. The number of aromatic nitrogens is 2. The van der Waals surface area contributed by atoms with Gasteiger partial charge in [0.05, 0.1) is 24.6 Å². The number of aromatic amines is 1. The van der Waals surface area contributed by atoms with Crippen LogP contribution in [-0.2, 0) is 16.0 Å². The van der Waals surface area contributed by atoms with E-state index in [4.69, 9.17) is 0 Å². The SMILES string of the molecule is COC(=O)c1cccc2[nH]c(CC=O)nc12. The lowest BCUT2D eigenvalue weighted by atomic mass is 10.2. The van der Waals surface area contributed by atoms with Gasteiger partial charge in [0.25, 0.3) is 0 Å². The van der Waals surface area contributed by atoms with Gasteiger partial charge in [-0.05, 0) is 12.1 Å². The number of fused-ring (bicyclic) bond motifs is 1. The van der Waals surface area contributed by atoms with E-state index >= 15 is 0 Å². The maximum atomic E-state index is 11.4. The van der Waals surface area contributed by atoms with Crippen LogP contribution in [0, 0.1) is 0 Å². The zero-order valence-electron chi connectivity index (χ0n) is 8.69. The van der Waals surface area contributed by atoms with Crippen molar-refractivity contribution in [3.05, 3.63) is 29.6 Å². The molecule has 2 rings (SSSR count). The molecule has 0 amide bonds. The van der Waals surface area contributed by atoms with E-state index in [1.54, 1.807) is 18.2 Å². The zero-order valence-corrected chi connectivity index (χ0v) is 8.69. The standard InChI is InChI=1S/C11H10N2O3/c1-16-11(15)7-3-2-4-8-10(7)13-9(12-8)5-6-14/h2-4,6H,5H2,1H3,(H,12,13). The molecule has 0 radical (unpaired) electrons. The minimum Gasteiger partial charge on any atom is -0.465 e. The van der Waals surface area contributed by atoms with Crippen LogP contribution in [0.25, 0.3) is 11.0 Å². The molecule has 1 aromatic heterocycles. The summed E-state index contributed by atoms with van der Waals surface area (Å²) >= 11 is 0. The number of ether oxygens (including phenoxy) is 1. The average Bonchev–Trinajstić information content (AvgIpc) is 2.70. The number of rotatable bonds is 3. The van der Waals surface area contributed by atoms with E-state index in [9.17, 15) is 9.59 Å². The van der Waals surface area contributed by atoms with Gasteiger partial charge < -0.3 is 14.5 Å². The first-order valence-corrected chi connectivity index (χ1v) is 4.76. The van der Waals surface area contributed by atoms with Gasteiger partial charge in [0.2, 0.25) is 0 Å². The van der Waals surface area contributed by atoms with Crippen molar-refractivity contribution < 1.29 is 14.3 Å². The Bertz CT molecular complexity index is 545. The van der Waals surface area contributed by atoms with Crippen molar-refractivity contribution in [1.29, 1.82) is 0 Å². The molecule has 0 aliphatic carbocycles. The van der Waals surface area contributed by atoms with Gasteiger partial charge in [0.1, 0.15) is 17.6 Å². The minimum atomic E-state index is -0.435. The van der Waals surface area contributed by atoms with E-state index < -0.39 is 5.97 Å². The second-order valence-electron chi connectivity index (χ2n) is 3.25. The fourth-order valence-electron chi connectivity index (χ4n) is 1.53. The smallest absolute Gasteiger partial charge is 0.340 e. The number of carbonyl (C=O) groups excluding carboxylic acids is 2. The van der Waals surface area contributed by atoms with Crippen LogP contribution in [0.3, 0.4) is 0 Å². The molecule has 16 heavy (non-hydrogen) atoms. The molecule has 0 fully saturated rings. The number of aldehydes is 1. The van der Waals surface area contributed by atoms with Crippen LogP contribution >= 0.6 is 0 Å². The summed E-state index contributed by atoms with van der Waals surface area (Å²) in [7, 11) is 1.32. The van der Waals surface area contributed by atoms with E-state index in [1.807, 2.05) is 0 Å². The summed E-state index contributed by atoms with van der Waals surface area (Å²) in [5.41, 5.74) is 1.65. The van der Waals surface area contributed by atoms with Gasteiger partial charge in [-0.2, -0.15) is 0 Å². The van der Waals surface area contributed by atoms with Gasteiger partial charge in [-0.25, -0.2) is 9.78 Å². The number of carbonyl (C=O) groups is 2. The van der Waals surface area contributed by atoms with Crippen LogP contribution in [0.2, 0.25) is 0 Å². The van der Waals surface area contributed by atoms with Crippen molar-refractivity contribution in [1.82, 2.24) is 9.97 Å². The molecule has 82 valence electrons. The summed E-state index contributed by atoms with van der Waals surface area (Å²) in [6.07, 6.45) is 0.963. The average molecular weight is 218 g/mol. The number of H-pyrrole nitrogens is 1. The number of hydrogen-bond acceptors (Lipinski definition) is 4. The van der Waals surface area contributed by atoms with Gasteiger partial charge in [0, 0.05) is 0 Å². The molecule has 5 nitrogen and oxygen atoms in total. The molecule has 5 heteroatoms. The van der Waals surface area contributed by atoms with E-state index in [1.165, 1.54) is 7.11 Å². The number of esters is 1. The minimum absolute atomic E-state index is 0.204. The highest BCUT2D eigenvalue weighted by molar-refractivity contribution is 6.01. The molecule has 0 saturated heterocycles. The molecule has 0 aliphatic heterocycles. The summed E-state index contributed by atoms with van der Waals surface area (Å²) < 4.78 is 4.65. The highest BCUT2D eigenvalue weighted by Gasteiger charge is 2.13. The van der Waals surface area contributed by atoms with Crippen molar-refractivity contribution in [2.45, 2.75) is 6.42 Å². The third kappa shape index (κ3) is 1.67. The normalized spacial score (nSPS) is 10.3. The summed E-state index contributed by atoms with van der Waals surface area (Å²) in [4.78, 5) is 29.0. The maximum Gasteiger partial charge on any atom is 0.340 e. The zero-order chi connectivity index (χ0) is 11.5. The van der Waals surface area contributed by atoms with Crippen molar-refractivity contribution in [2.75, 3.05) is 7.11 Å². The second kappa shape index (κ2) is 4.14. The maximum absolute atomic E-state index is 11.4. The fraction of sp³-hybridized carbons (Fsp3) is 0.182. The third-order valence-electron chi connectivity index (χ3n) is 2.24. The predicted molar refractivity (Wildman–Crippen MR) is 57.2 cm³/mol. The van der Waals surface area contributed by atoms with Gasteiger partial charge in [0.15, 0.2) is 0 Å². The molecule has 1 heterocycles. The van der Waals surface area contributed by atoms with Gasteiger partial charge in [-0.15, -0.1) is 0 Å². The Morgan fingerprint density at radius 3 is 3.06 bits per heavy atom. The van der Waals surface area contributed by atoms with Crippen molar-refractivity contribution in [3.63, 3.8) is 0 Å². The fourth-order valence-corrected chi connectivity index (χ4v) is 1.53. The monoisotopic (exact) mass is 218 g/mol. The summed E-state index contributed by atoms with van der Waals surface area (Å²) in [5.74, 6) is 0.108. The first-order chi connectivity index (χ1) is 7.76. The summed E-state index contributed by atoms with van der Waals surface area (Å²) in [6.45, 7) is 0. The Morgan fingerprint density at radius 1 is 1.56 bits per heavy atom. The number of benzene rings is 1. The van der Waals surface area contributed by atoms with E-state index in [-0.39, 0.29) is 6.42 Å². The van der Waals surface area contributed by atoms with Crippen LogP contribution in [0.1, 0.15) is 16.2 Å². The highest BCUT2D eigenvalue weighted by Crippen LogP contribution is 2.17. The van der Waals surface area contributed by atoms with Crippen LogP contribution in [0.4, 0.5) is 0 Å². The lowest BCUT2D eigenvalue weighted by Crippen LogP contribution is -2.01. The van der Waals surface area contributed by atoms with E-state index in [0.29, 0.717) is 16.9 Å². The number of methoxy groups -OCH3 is 1. The number of nitrogens with one attached hydrogen (secondary N) is 1. The Balaban J connectivity index is 2.58. The molecule has 2 aromatic rings. The molecule has 0 bridgehead atoms. The molecule has 1 aromatic carbocycles. The van der Waals surface area contributed by atoms with E-state index in [2.05, 4.69) is 14.7 Å². The van der Waals surface area contributed by atoms with Crippen molar-refractivity contribution in [3.8, 4) is 0 Å². The van der Waals surface area contributed by atoms with Crippen LogP contribution in [0.15, 0.2) is 18.2 Å². The van der Waals surface area contributed by atoms with Crippen molar-refractivity contribution >= 4 is 23.3 Å². The Labute approximate surface area is 91.4 Å². The van der Waals surface area contributed by atoms with Crippen molar-refractivity contribution in [2.24, 2.45) is 0 Å². The van der Waals surface area contributed by atoms with Crippen LogP contribution in [-0.4, -0.2) is 29.3 Å². The first-order valence-electron chi connectivity index (χ1n) is 4.76. The topological polar surface area (TPSA) is 72.1 Å². The summed E-state index contributed by atoms with van der Waals surface area (Å²) in [5, 5.41) is 0. The number of nitrogens with zero attached hydrogens (tertiary/aromatic N) is 1. The quantitative estimate of drug-likeness (QED) is 0.618. The molecule has 0 spiro atoms. The Morgan fingerprint density at radius 2 is 2.38 bits per heavy atom. The van der Waals surface area contributed by atoms with Gasteiger partial charge in [-0.3, -0.25) is 0 Å². The highest BCUT2D eigenvalue weighted by atomic mass is 16.5. The molecule has 0 saturated carbocycles. The van der Waals surface area contributed by atoms with Gasteiger partial charge in [-0.1, -0.05) is 6.07 Å².